The molecule has 2 saturated heterocycles. The van der Waals surface area contributed by atoms with E-state index in [1.165, 1.54) is 5.56 Å². The molecule has 0 aliphatic carbocycles. The van der Waals surface area contributed by atoms with E-state index in [1.54, 1.807) is 6.20 Å². The Morgan fingerprint density at radius 3 is 2.77 bits per heavy atom. The number of benzene rings is 1. The summed E-state index contributed by atoms with van der Waals surface area (Å²) in [4.78, 5) is 21.6. The van der Waals surface area contributed by atoms with Crippen LogP contribution in [0, 0.1) is 13.8 Å². The first-order valence-electron chi connectivity index (χ1n) is 9.22. The minimum absolute atomic E-state index is 0.0928. The van der Waals surface area contributed by atoms with Gasteiger partial charge >= 0.3 is 0 Å². The molecule has 1 aromatic carbocycles. The van der Waals surface area contributed by atoms with Crippen LogP contribution in [-0.2, 0) is 11.3 Å². The third-order valence-electron chi connectivity index (χ3n) is 5.28. The first-order valence-corrected chi connectivity index (χ1v) is 9.22. The van der Waals surface area contributed by atoms with Gasteiger partial charge in [-0.1, -0.05) is 23.3 Å². The summed E-state index contributed by atoms with van der Waals surface area (Å²) in [7, 11) is 0. The number of aromatic nitrogens is 1. The molecule has 0 N–H and O–H groups in total. The number of rotatable bonds is 3. The van der Waals surface area contributed by atoms with Gasteiger partial charge in [0.05, 0.1) is 18.8 Å². The number of amides is 1. The molecule has 2 aromatic rings. The number of morpholine rings is 1. The highest BCUT2D eigenvalue weighted by molar-refractivity contribution is 5.95. The van der Waals surface area contributed by atoms with Crippen molar-refractivity contribution in [2.75, 3.05) is 26.2 Å². The summed E-state index contributed by atoms with van der Waals surface area (Å²) in [5, 5.41) is 0. The smallest absolute Gasteiger partial charge is 0.254 e. The van der Waals surface area contributed by atoms with Gasteiger partial charge in [0.1, 0.15) is 0 Å². The van der Waals surface area contributed by atoms with Crippen LogP contribution in [0.15, 0.2) is 42.7 Å². The molecule has 2 fully saturated rings. The second-order valence-electron chi connectivity index (χ2n) is 7.39. The fourth-order valence-corrected chi connectivity index (χ4v) is 4.13. The van der Waals surface area contributed by atoms with Crippen molar-refractivity contribution in [1.82, 2.24) is 14.8 Å². The summed E-state index contributed by atoms with van der Waals surface area (Å²) in [6.07, 6.45) is 3.80. The molecule has 5 heteroatoms. The molecule has 0 saturated carbocycles. The maximum Gasteiger partial charge on any atom is 0.254 e. The summed E-state index contributed by atoms with van der Waals surface area (Å²) >= 11 is 0. The van der Waals surface area contributed by atoms with Gasteiger partial charge in [-0.2, -0.15) is 0 Å². The quantitative estimate of drug-likeness (QED) is 0.852. The molecule has 4 rings (SSSR count). The first-order chi connectivity index (χ1) is 12.6. The van der Waals surface area contributed by atoms with E-state index < -0.39 is 0 Å². The largest absolute Gasteiger partial charge is 0.373 e. The first kappa shape index (κ1) is 17.2. The Morgan fingerprint density at radius 1 is 1.23 bits per heavy atom. The van der Waals surface area contributed by atoms with Crippen LogP contribution in [0.2, 0.25) is 0 Å². The predicted octanol–water partition coefficient (Wildman–Crippen LogP) is 2.42. The summed E-state index contributed by atoms with van der Waals surface area (Å²) in [6, 6.07) is 10.4. The summed E-state index contributed by atoms with van der Waals surface area (Å²) in [5.74, 6) is 0.108. The monoisotopic (exact) mass is 351 g/mol. The Kier molecular flexibility index (Phi) is 4.74. The van der Waals surface area contributed by atoms with Gasteiger partial charge in [0.2, 0.25) is 0 Å². The lowest BCUT2D eigenvalue weighted by Gasteiger charge is -2.36. The predicted molar refractivity (Wildman–Crippen MR) is 100.0 cm³/mol. The molecule has 0 spiro atoms. The normalized spacial score (nSPS) is 23.1. The number of fused-ring (bicyclic) bond motifs is 1. The molecule has 1 amide bonds. The van der Waals surface area contributed by atoms with Crippen LogP contribution in [-0.4, -0.2) is 59.1 Å². The van der Waals surface area contributed by atoms with Crippen LogP contribution in [0.3, 0.4) is 0 Å². The van der Waals surface area contributed by atoms with Crippen LogP contribution < -0.4 is 0 Å². The molecule has 0 bridgehead atoms. The van der Waals surface area contributed by atoms with Crippen molar-refractivity contribution in [2.45, 2.75) is 32.5 Å². The van der Waals surface area contributed by atoms with Crippen molar-refractivity contribution in [2.24, 2.45) is 0 Å². The second kappa shape index (κ2) is 7.17. The third-order valence-corrected chi connectivity index (χ3v) is 5.28. The summed E-state index contributed by atoms with van der Waals surface area (Å²) < 4.78 is 5.98. The molecular formula is C21H25N3O2. The number of aryl methyl sites for hydroxylation is 2. The summed E-state index contributed by atoms with van der Waals surface area (Å²) in [5.41, 5.74) is 4.23. The van der Waals surface area contributed by atoms with Crippen molar-refractivity contribution < 1.29 is 9.53 Å². The maximum absolute atomic E-state index is 13.0. The molecule has 5 nitrogen and oxygen atoms in total. The molecule has 2 aliphatic heterocycles. The number of carbonyl (C=O) groups excluding carboxylic acids is 1. The van der Waals surface area contributed by atoms with Gasteiger partial charge in [-0.3, -0.25) is 14.7 Å². The van der Waals surface area contributed by atoms with E-state index in [4.69, 9.17) is 4.74 Å². The zero-order valence-corrected chi connectivity index (χ0v) is 15.4. The second-order valence-corrected chi connectivity index (χ2v) is 7.39. The van der Waals surface area contributed by atoms with Crippen LogP contribution >= 0.6 is 0 Å². The average Bonchev–Trinajstić information content (AvgIpc) is 3.06. The van der Waals surface area contributed by atoms with Gasteiger partial charge in [0.15, 0.2) is 0 Å². The lowest BCUT2D eigenvalue weighted by atomic mass is 10.1. The zero-order chi connectivity index (χ0) is 18.1. The molecule has 0 unspecified atom stereocenters. The highest BCUT2D eigenvalue weighted by Crippen LogP contribution is 2.26. The number of carbonyl (C=O) groups is 1. The zero-order valence-electron chi connectivity index (χ0n) is 15.4. The summed E-state index contributed by atoms with van der Waals surface area (Å²) in [6.45, 7) is 7.91. The number of hydrogen-bond acceptors (Lipinski definition) is 4. The minimum Gasteiger partial charge on any atom is -0.373 e. The van der Waals surface area contributed by atoms with Gasteiger partial charge in [-0.25, -0.2) is 0 Å². The van der Waals surface area contributed by atoms with E-state index in [2.05, 4.69) is 22.0 Å². The fraction of sp³-hybridized carbons (Fsp3) is 0.429. The van der Waals surface area contributed by atoms with Crippen molar-refractivity contribution in [1.29, 1.82) is 0 Å². The van der Waals surface area contributed by atoms with Gasteiger partial charge in [-0.05, 0) is 37.6 Å². The lowest BCUT2D eigenvalue weighted by Crippen LogP contribution is -2.50. The van der Waals surface area contributed by atoms with Crippen LogP contribution in [0.5, 0.6) is 0 Å². The standard InChI is InChI=1S/C21H25N3O2/c1-15-8-16(2)10-18(9-15)21(25)24-13-19-20(14-24)26-7-6-23(19)12-17-4-3-5-22-11-17/h3-5,8-11,19-20H,6-7,12-14H2,1-2H3/t19-,20-/m0/s1. The highest BCUT2D eigenvalue weighted by atomic mass is 16.5. The highest BCUT2D eigenvalue weighted by Gasteiger charge is 2.41. The van der Waals surface area contributed by atoms with Crippen LogP contribution in [0.25, 0.3) is 0 Å². The lowest BCUT2D eigenvalue weighted by molar-refractivity contribution is -0.0503. The van der Waals surface area contributed by atoms with Gasteiger partial charge in [0, 0.05) is 44.1 Å². The number of pyridine rings is 1. The van der Waals surface area contributed by atoms with E-state index in [-0.39, 0.29) is 18.1 Å². The Hall–Kier alpha value is -2.24. The fourth-order valence-electron chi connectivity index (χ4n) is 4.13. The Morgan fingerprint density at radius 2 is 2.04 bits per heavy atom. The van der Waals surface area contributed by atoms with Crippen molar-refractivity contribution >= 4 is 5.91 Å². The van der Waals surface area contributed by atoms with Gasteiger partial charge in [-0.15, -0.1) is 0 Å². The van der Waals surface area contributed by atoms with E-state index >= 15 is 0 Å². The number of likely N-dealkylation sites (tertiary alicyclic amines) is 1. The molecule has 1 aromatic heterocycles. The number of nitrogens with zero attached hydrogens (tertiary/aromatic N) is 3. The molecule has 2 atom stereocenters. The molecular weight excluding hydrogens is 326 g/mol. The third kappa shape index (κ3) is 3.50. The minimum atomic E-state index is 0.0928. The van der Waals surface area contributed by atoms with Crippen LogP contribution in [0.4, 0.5) is 0 Å². The van der Waals surface area contributed by atoms with Crippen LogP contribution in [0.1, 0.15) is 27.0 Å². The Labute approximate surface area is 154 Å². The Balaban J connectivity index is 1.49. The molecule has 0 radical (unpaired) electrons. The van der Waals surface area contributed by atoms with Gasteiger partial charge in [0.25, 0.3) is 5.91 Å². The van der Waals surface area contributed by atoms with E-state index in [0.29, 0.717) is 13.2 Å². The molecule has 26 heavy (non-hydrogen) atoms. The Bertz CT molecular complexity index is 773. The average molecular weight is 351 g/mol. The van der Waals surface area contributed by atoms with Crippen molar-refractivity contribution in [3.8, 4) is 0 Å². The van der Waals surface area contributed by atoms with Crippen molar-refractivity contribution in [3.63, 3.8) is 0 Å². The van der Waals surface area contributed by atoms with E-state index in [0.717, 1.165) is 36.3 Å². The number of ether oxygens (including phenoxy) is 1. The molecule has 136 valence electrons. The van der Waals surface area contributed by atoms with Crippen molar-refractivity contribution in [3.05, 3.63) is 65.0 Å². The van der Waals surface area contributed by atoms with E-state index in [9.17, 15) is 4.79 Å². The van der Waals surface area contributed by atoms with E-state index in [1.807, 2.05) is 43.1 Å². The number of hydrogen-bond donors (Lipinski definition) is 0. The molecule has 3 heterocycles. The van der Waals surface area contributed by atoms with Gasteiger partial charge < -0.3 is 9.64 Å². The maximum atomic E-state index is 13.0. The molecule has 2 aliphatic rings. The topological polar surface area (TPSA) is 45.7 Å². The SMILES string of the molecule is Cc1cc(C)cc(C(=O)N2C[C@@H]3OCCN(Cc4cccnc4)[C@H]3C2)c1.